The second-order valence-electron chi connectivity index (χ2n) is 4.26. The molecular weight excluding hydrogens is 194 g/mol. The molecule has 1 saturated carbocycles. The van der Waals surface area contributed by atoms with Gasteiger partial charge in [0.05, 0.1) is 12.5 Å². The number of carboxylic acids is 1. The van der Waals surface area contributed by atoms with Crippen LogP contribution in [-0.2, 0) is 4.79 Å². The Bertz CT molecular complexity index is 372. The standard InChI is InChI=1S/C11H15NO3/c1-6-4-7(6)9-2-3-10(15-9)8(12)5-11(13)14/h2-3,6-8H,4-5,12H2,1H3,(H,13,14)/t6?,7?,8-/m1/s1. The van der Waals surface area contributed by atoms with Crippen molar-refractivity contribution in [2.75, 3.05) is 0 Å². The van der Waals surface area contributed by atoms with E-state index in [9.17, 15) is 4.79 Å². The van der Waals surface area contributed by atoms with Crippen LogP contribution in [-0.4, -0.2) is 11.1 Å². The van der Waals surface area contributed by atoms with Crippen LogP contribution < -0.4 is 5.73 Å². The van der Waals surface area contributed by atoms with Crippen molar-refractivity contribution >= 4 is 5.97 Å². The first-order valence-electron chi connectivity index (χ1n) is 5.15. The highest BCUT2D eigenvalue weighted by Crippen LogP contribution is 2.47. The van der Waals surface area contributed by atoms with Crippen molar-refractivity contribution in [3.05, 3.63) is 23.7 Å². The monoisotopic (exact) mass is 209 g/mol. The molecule has 0 amide bonds. The van der Waals surface area contributed by atoms with Crippen LogP contribution in [0.3, 0.4) is 0 Å². The van der Waals surface area contributed by atoms with Crippen molar-refractivity contribution < 1.29 is 14.3 Å². The summed E-state index contributed by atoms with van der Waals surface area (Å²) < 4.78 is 5.55. The zero-order chi connectivity index (χ0) is 11.0. The Hall–Kier alpha value is -1.29. The highest BCUT2D eigenvalue weighted by atomic mass is 16.4. The molecule has 4 nitrogen and oxygen atoms in total. The maximum atomic E-state index is 10.5. The van der Waals surface area contributed by atoms with Gasteiger partial charge in [-0.05, 0) is 24.5 Å². The van der Waals surface area contributed by atoms with Crippen LogP contribution in [0.1, 0.15) is 43.2 Å². The Morgan fingerprint density at radius 1 is 1.73 bits per heavy atom. The summed E-state index contributed by atoms with van der Waals surface area (Å²) in [6.45, 7) is 2.17. The molecule has 1 aromatic heterocycles. The second kappa shape index (κ2) is 3.70. The molecule has 0 bridgehead atoms. The third-order valence-electron chi connectivity index (χ3n) is 2.88. The number of hydrogen-bond acceptors (Lipinski definition) is 3. The first-order valence-corrected chi connectivity index (χ1v) is 5.15. The van der Waals surface area contributed by atoms with E-state index in [1.807, 2.05) is 6.07 Å². The van der Waals surface area contributed by atoms with Crippen molar-refractivity contribution in [2.24, 2.45) is 11.7 Å². The van der Waals surface area contributed by atoms with Gasteiger partial charge < -0.3 is 15.3 Å². The predicted molar refractivity (Wildman–Crippen MR) is 54.4 cm³/mol. The first kappa shape index (κ1) is 10.2. The Morgan fingerprint density at radius 2 is 2.40 bits per heavy atom. The Morgan fingerprint density at radius 3 is 2.93 bits per heavy atom. The number of carboxylic acid groups (broad SMARTS) is 1. The van der Waals surface area contributed by atoms with Crippen LogP contribution in [0.5, 0.6) is 0 Å². The van der Waals surface area contributed by atoms with Gasteiger partial charge in [-0.1, -0.05) is 6.92 Å². The maximum Gasteiger partial charge on any atom is 0.305 e. The molecule has 0 aliphatic heterocycles. The van der Waals surface area contributed by atoms with Crippen molar-refractivity contribution in [1.82, 2.24) is 0 Å². The molecule has 2 unspecified atom stereocenters. The molecule has 4 heteroatoms. The van der Waals surface area contributed by atoms with Gasteiger partial charge in [0.15, 0.2) is 0 Å². The Balaban J connectivity index is 2.03. The van der Waals surface area contributed by atoms with E-state index in [2.05, 4.69) is 6.92 Å². The van der Waals surface area contributed by atoms with Gasteiger partial charge in [0.2, 0.25) is 0 Å². The van der Waals surface area contributed by atoms with E-state index >= 15 is 0 Å². The van der Waals surface area contributed by atoms with Gasteiger partial charge in [-0.15, -0.1) is 0 Å². The molecule has 1 heterocycles. The minimum Gasteiger partial charge on any atom is -0.481 e. The van der Waals surface area contributed by atoms with Crippen LogP contribution in [0.25, 0.3) is 0 Å². The summed E-state index contributed by atoms with van der Waals surface area (Å²) >= 11 is 0. The van der Waals surface area contributed by atoms with Crippen LogP contribution >= 0.6 is 0 Å². The molecule has 3 N–H and O–H groups in total. The van der Waals surface area contributed by atoms with Crippen molar-refractivity contribution in [1.29, 1.82) is 0 Å². The van der Waals surface area contributed by atoms with Crippen molar-refractivity contribution in [3.63, 3.8) is 0 Å². The van der Waals surface area contributed by atoms with Gasteiger partial charge in [-0.25, -0.2) is 0 Å². The molecule has 0 radical (unpaired) electrons. The largest absolute Gasteiger partial charge is 0.481 e. The number of aliphatic carboxylic acids is 1. The number of nitrogens with two attached hydrogens (primary N) is 1. The van der Waals surface area contributed by atoms with Gasteiger partial charge in [-0.3, -0.25) is 4.79 Å². The fourth-order valence-corrected chi connectivity index (χ4v) is 1.77. The average molecular weight is 209 g/mol. The molecule has 82 valence electrons. The fourth-order valence-electron chi connectivity index (χ4n) is 1.77. The van der Waals surface area contributed by atoms with E-state index in [4.69, 9.17) is 15.3 Å². The topological polar surface area (TPSA) is 76.5 Å². The van der Waals surface area contributed by atoms with E-state index in [-0.39, 0.29) is 6.42 Å². The van der Waals surface area contributed by atoms with Gasteiger partial charge >= 0.3 is 5.97 Å². The normalized spacial score (nSPS) is 26.3. The van der Waals surface area contributed by atoms with E-state index in [0.717, 1.165) is 12.2 Å². The fraction of sp³-hybridized carbons (Fsp3) is 0.545. The third kappa shape index (κ3) is 2.21. The van der Waals surface area contributed by atoms with Gasteiger partial charge in [0, 0.05) is 5.92 Å². The van der Waals surface area contributed by atoms with Crippen LogP contribution in [0.4, 0.5) is 0 Å². The quantitative estimate of drug-likeness (QED) is 0.793. The van der Waals surface area contributed by atoms with E-state index in [1.54, 1.807) is 6.07 Å². The van der Waals surface area contributed by atoms with Crippen molar-refractivity contribution in [2.45, 2.75) is 31.7 Å². The summed E-state index contributed by atoms with van der Waals surface area (Å²) in [6, 6.07) is 3.16. The van der Waals surface area contributed by atoms with Crippen LogP contribution in [0.15, 0.2) is 16.5 Å². The van der Waals surface area contributed by atoms with Crippen LogP contribution in [0.2, 0.25) is 0 Å². The lowest BCUT2D eigenvalue weighted by atomic mass is 10.2. The summed E-state index contributed by atoms with van der Waals surface area (Å²) in [5, 5.41) is 8.59. The summed E-state index contributed by atoms with van der Waals surface area (Å²) in [5.74, 6) is 1.81. The Kier molecular flexibility index (Phi) is 2.52. The second-order valence-corrected chi connectivity index (χ2v) is 4.26. The molecule has 1 aromatic rings. The highest BCUT2D eigenvalue weighted by molar-refractivity contribution is 5.67. The summed E-state index contributed by atoms with van der Waals surface area (Å²) in [4.78, 5) is 10.5. The molecule has 0 spiro atoms. The summed E-state index contributed by atoms with van der Waals surface area (Å²) in [6.07, 6.45) is 1.06. The van der Waals surface area contributed by atoms with Gasteiger partial charge in [-0.2, -0.15) is 0 Å². The molecule has 2 rings (SSSR count). The zero-order valence-electron chi connectivity index (χ0n) is 8.64. The van der Waals surface area contributed by atoms with E-state index in [1.165, 1.54) is 0 Å². The number of hydrogen-bond donors (Lipinski definition) is 2. The Labute approximate surface area is 88.1 Å². The van der Waals surface area contributed by atoms with E-state index < -0.39 is 12.0 Å². The van der Waals surface area contributed by atoms with Crippen LogP contribution in [0, 0.1) is 5.92 Å². The molecule has 1 aliphatic carbocycles. The third-order valence-corrected chi connectivity index (χ3v) is 2.88. The van der Waals surface area contributed by atoms with Crippen molar-refractivity contribution in [3.8, 4) is 0 Å². The molecule has 3 atom stereocenters. The lowest BCUT2D eigenvalue weighted by Crippen LogP contribution is -2.14. The van der Waals surface area contributed by atoms with Gasteiger partial charge in [0.1, 0.15) is 11.5 Å². The molecule has 0 aromatic carbocycles. The molecule has 1 fully saturated rings. The molecule has 15 heavy (non-hydrogen) atoms. The molecule has 1 aliphatic rings. The molecular formula is C11H15NO3. The average Bonchev–Trinajstić information content (AvgIpc) is 2.70. The number of furan rings is 1. The lowest BCUT2D eigenvalue weighted by Gasteiger charge is -2.04. The zero-order valence-corrected chi connectivity index (χ0v) is 8.64. The maximum absolute atomic E-state index is 10.5. The predicted octanol–water partition coefficient (Wildman–Crippen LogP) is 1.88. The minimum atomic E-state index is -0.903. The highest BCUT2D eigenvalue weighted by Gasteiger charge is 2.36. The summed E-state index contributed by atoms with van der Waals surface area (Å²) in [5.41, 5.74) is 5.69. The first-order chi connectivity index (χ1) is 7.08. The molecule has 0 saturated heterocycles. The number of carbonyl (C=O) groups is 1. The van der Waals surface area contributed by atoms with Gasteiger partial charge in [0.25, 0.3) is 0 Å². The SMILES string of the molecule is CC1CC1c1ccc([C@H](N)CC(=O)O)o1. The number of rotatable bonds is 4. The summed E-state index contributed by atoms with van der Waals surface area (Å²) in [7, 11) is 0. The minimum absolute atomic E-state index is 0.0901. The smallest absolute Gasteiger partial charge is 0.305 e. The van der Waals surface area contributed by atoms with E-state index in [0.29, 0.717) is 17.6 Å². The lowest BCUT2D eigenvalue weighted by molar-refractivity contribution is -0.137.